The average molecular weight is 875 g/mol. The highest BCUT2D eigenvalue weighted by atomic mass is 16.5. The standard InChI is InChI=1S/C45H54N12O7/c1-3-25-5-7-31(33(13-25)54-11-9-27(17-54)52-40-37-42(48-21-46-40)56(23-50-37)44-35(60)15-29(19-58)63-44)39(62)32-8-6-26(4-2)14-34(32)55-12-10-28(18-55)53-41-38-43(49-22-47-41)57(24-51-38)45-36(61)16-30(20-59)64-45/h5-8,13-14,21-24,27-30,35-36,44-45,58-61H,3-4,9-12,15-20H2,1-2H3,(H,46,48,52)(H,47,49,53)/t27-,28-,29+,30+,35-,36-,44-,45-/m1/s1. The summed E-state index contributed by atoms with van der Waals surface area (Å²) >= 11 is 0. The van der Waals surface area contributed by atoms with Crippen molar-refractivity contribution >= 4 is 51.1 Å². The number of ketones is 1. The quantitative estimate of drug-likeness (QED) is 0.0864. The minimum absolute atomic E-state index is 0.00291. The maximum Gasteiger partial charge on any atom is 0.197 e. The third kappa shape index (κ3) is 7.79. The fourth-order valence-electron chi connectivity index (χ4n) is 9.71. The number of fused-ring (bicyclic) bond motifs is 2. The van der Waals surface area contributed by atoms with Gasteiger partial charge in [-0.15, -0.1) is 0 Å². The Kier molecular flexibility index (Phi) is 11.6. The monoisotopic (exact) mass is 874 g/mol. The molecule has 0 unspecified atom stereocenters. The summed E-state index contributed by atoms with van der Waals surface area (Å²) in [5.74, 6) is 1.12. The number of aliphatic hydroxyl groups is 4. The molecule has 336 valence electrons. The van der Waals surface area contributed by atoms with Gasteiger partial charge in [-0.25, -0.2) is 29.9 Å². The van der Waals surface area contributed by atoms with Gasteiger partial charge >= 0.3 is 0 Å². The Bertz CT molecular complexity index is 2480. The molecular weight excluding hydrogens is 821 g/mol. The largest absolute Gasteiger partial charge is 0.394 e. The molecule has 4 fully saturated rings. The summed E-state index contributed by atoms with van der Waals surface area (Å²) in [4.78, 5) is 46.7. The van der Waals surface area contributed by atoms with E-state index in [1.54, 1.807) is 21.8 Å². The smallest absolute Gasteiger partial charge is 0.197 e. The van der Waals surface area contributed by atoms with Gasteiger partial charge in [0.25, 0.3) is 0 Å². The molecular formula is C45H54N12O7. The van der Waals surface area contributed by atoms with E-state index in [9.17, 15) is 25.2 Å². The van der Waals surface area contributed by atoms with Crippen molar-refractivity contribution in [3.8, 4) is 0 Å². The predicted octanol–water partition coefficient (Wildman–Crippen LogP) is 2.98. The Labute approximate surface area is 369 Å². The third-order valence-electron chi connectivity index (χ3n) is 13.2. The van der Waals surface area contributed by atoms with Gasteiger partial charge < -0.3 is 50.3 Å². The van der Waals surface area contributed by atoms with Gasteiger partial charge in [0.2, 0.25) is 0 Å². The lowest BCUT2D eigenvalue weighted by molar-refractivity contribution is -0.0486. The molecule has 0 amide bonds. The highest BCUT2D eigenvalue weighted by Crippen LogP contribution is 2.37. The second-order valence-corrected chi connectivity index (χ2v) is 17.3. The summed E-state index contributed by atoms with van der Waals surface area (Å²) in [5.41, 5.74) is 7.56. The van der Waals surface area contributed by atoms with Crippen LogP contribution in [0.15, 0.2) is 61.7 Å². The van der Waals surface area contributed by atoms with E-state index in [0.717, 1.165) is 61.3 Å². The van der Waals surface area contributed by atoms with Gasteiger partial charge in [0.05, 0.1) is 38.1 Å². The third-order valence-corrected chi connectivity index (χ3v) is 13.2. The van der Waals surface area contributed by atoms with Crippen molar-refractivity contribution in [2.75, 3.05) is 59.8 Å². The lowest BCUT2D eigenvalue weighted by Gasteiger charge is -2.25. The Balaban J connectivity index is 0.868. The van der Waals surface area contributed by atoms with E-state index in [-0.39, 0.29) is 31.1 Å². The molecule has 4 saturated heterocycles. The highest BCUT2D eigenvalue weighted by molar-refractivity contribution is 6.15. The molecule has 0 bridgehead atoms. The van der Waals surface area contributed by atoms with Crippen LogP contribution in [0.4, 0.5) is 23.0 Å². The molecule has 2 aromatic carbocycles. The Morgan fingerprint density at radius 2 is 1.12 bits per heavy atom. The zero-order chi connectivity index (χ0) is 44.1. The van der Waals surface area contributed by atoms with Crippen LogP contribution in [0.3, 0.4) is 0 Å². The second-order valence-electron chi connectivity index (χ2n) is 17.3. The Hall–Kier alpha value is -5.83. The number of nitrogens with zero attached hydrogens (tertiary/aromatic N) is 10. The Morgan fingerprint density at radius 1 is 0.672 bits per heavy atom. The molecule has 6 N–H and O–H groups in total. The summed E-state index contributed by atoms with van der Waals surface area (Å²) in [6.45, 7) is 6.60. The molecule has 0 saturated carbocycles. The van der Waals surface area contributed by atoms with E-state index < -0.39 is 36.9 Å². The topological polar surface area (TPSA) is 234 Å². The normalized spacial score (nSPS) is 25.9. The van der Waals surface area contributed by atoms with Crippen molar-refractivity contribution in [1.82, 2.24) is 39.0 Å². The fraction of sp³-hybridized carbons (Fsp3) is 0.489. The maximum atomic E-state index is 15.0. The van der Waals surface area contributed by atoms with Crippen LogP contribution in [0.25, 0.3) is 22.3 Å². The van der Waals surface area contributed by atoms with Crippen molar-refractivity contribution in [2.45, 2.75) is 101 Å². The molecule has 4 aromatic heterocycles. The minimum Gasteiger partial charge on any atom is -0.394 e. The van der Waals surface area contributed by atoms with Gasteiger partial charge in [-0.2, -0.15) is 0 Å². The van der Waals surface area contributed by atoms with Crippen LogP contribution in [0.2, 0.25) is 0 Å². The van der Waals surface area contributed by atoms with Gasteiger partial charge in [-0.3, -0.25) is 13.9 Å². The second kappa shape index (κ2) is 17.6. The summed E-state index contributed by atoms with van der Waals surface area (Å²) in [6.07, 6.45) is 6.09. The van der Waals surface area contributed by atoms with Gasteiger partial charge in [0, 0.05) is 73.6 Å². The molecule has 0 aliphatic carbocycles. The van der Waals surface area contributed by atoms with E-state index in [4.69, 9.17) is 9.47 Å². The minimum atomic E-state index is -0.804. The van der Waals surface area contributed by atoms with Crippen molar-refractivity contribution in [2.24, 2.45) is 0 Å². The number of ether oxygens (including phenoxy) is 2. The highest BCUT2D eigenvalue weighted by Gasteiger charge is 2.38. The maximum absolute atomic E-state index is 15.0. The van der Waals surface area contributed by atoms with E-state index in [1.165, 1.54) is 12.7 Å². The number of anilines is 4. The van der Waals surface area contributed by atoms with E-state index >= 15 is 0 Å². The molecule has 64 heavy (non-hydrogen) atoms. The number of rotatable bonds is 14. The summed E-state index contributed by atoms with van der Waals surface area (Å²) in [7, 11) is 0. The number of hydrogen-bond acceptors (Lipinski definition) is 17. The van der Waals surface area contributed by atoms with Gasteiger partial charge in [0.15, 0.2) is 52.2 Å². The molecule has 10 rings (SSSR count). The molecule has 6 aromatic rings. The summed E-state index contributed by atoms with van der Waals surface area (Å²) in [6, 6.07) is 12.4. The first kappa shape index (κ1) is 42.1. The van der Waals surface area contributed by atoms with Crippen molar-refractivity contribution in [3.63, 3.8) is 0 Å². The van der Waals surface area contributed by atoms with Gasteiger partial charge in [-0.1, -0.05) is 26.0 Å². The zero-order valence-electron chi connectivity index (χ0n) is 35.9. The molecule has 4 aliphatic heterocycles. The number of nitrogens with one attached hydrogen (secondary N) is 2. The van der Waals surface area contributed by atoms with Crippen LogP contribution in [-0.4, -0.2) is 141 Å². The number of aryl methyl sites for hydroxylation is 2. The predicted molar refractivity (Wildman–Crippen MR) is 237 cm³/mol. The molecule has 8 atom stereocenters. The zero-order valence-corrected chi connectivity index (χ0v) is 35.9. The van der Waals surface area contributed by atoms with Gasteiger partial charge in [0.1, 0.15) is 24.9 Å². The van der Waals surface area contributed by atoms with Crippen LogP contribution in [-0.2, 0) is 22.3 Å². The Morgan fingerprint density at radius 3 is 1.53 bits per heavy atom. The van der Waals surface area contributed by atoms with E-state index in [1.807, 2.05) is 12.1 Å². The van der Waals surface area contributed by atoms with Crippen LogP contribution in [0, 0.1) is 0 Å². The van der Waals surface area contributed by atoms with Crippen molar-refractivity contribution in [3.05, 3.63) is 84.0 Å². The number of benzene rings is 2. The summed E-state index contributed by atoms with van der Waals surface area (Å²) in [5, 5.41) is 47.7. The number of carbonyl (C=O) groups excluding carboxylic acids is 1. The number of imidazole rings is 2. The van der Waals surface area contributed by atoms with Crippen LogP contribution in [0.1, 0.15) is 79.0 Å². The lowest BCUT2D eigenvalue weighted by atomic mass is 9.95. The van der Waals surface area contributed by atoms with Crippen molar-refractivity contribution in [1.29, 1.82) is 0 Å². The van der Waals surface area contributed by atoms with E-state index in [0.29, 0.717) is 71.0 Å². The van der Waals surface area contributed by atoms with Crippen LogP contribution in [0.5, 0.6) is 0 Å². The fourth-order valence-corrected chi connectivity index (χ4v) is 9.71. The van der Waals surface area contributed by atoms with Crippen molar-refractivity contribution < 1.29 is 34.7 Å². The van der Waals surface area contributed by atoms with Crippen LogP contribution >= 0.6 is 0 Å². The molecule has 0 radical (unpaired) electrons. The molecule has 19 nitrogen and oxygen atoms in total. The molecule has 4 aliphatic rings. The number of aromatic nitrogens is 8. The first-order valence-electron chi connectivity index (χ1n) is 22.3. The number of hydrogen-bond donors (Lipinski definition) is 6. The SMILES string of the molecule is CCc1ccc(C(=O)c2ccc(CC)cc2N2CC[C@@H](Nc3ncnc4c3ncn4[C@@H]3O[C@H](CO)C[C@H]3O)C2)c(N2CC[C@@H](Nc3ncnc4c3ncn4[C@@H]3O[C@H](CO)C[C@H]3O)C2)c1. The molecule has 19 heteroatoms. The summed E-state index contributed by atoms with van der Waals surface area (Å²) < 4.78 is 15.2. The lowest BCUT2D eigenvalue weighted by Crippen LogP contribution is -2.29. The average Bonchev–Trinajstić information content (AvgIpc) is 4.19. The first-order valence-corrected chi connectivity index (χ1v) is 22.3. The number of carbonyl (C=O) groups is 1. The van der Waals surface area contributed by atoms with Crippen LogP contribution < -0.4 is 20.4 Å². The first-order chi connectivity index (χ1) is 31.2. The van der Waals surface area contributed by atoms with Gasteiger partial charge in [-0.05, 0) is 61.1 Å². The van der Waals surface area contributed by atoms with E-state index in [2.05, 4.69) is 88.5 Å². The molecule has 0 spiro atoms. The molecule has 8 heterocycles. The number of aliphatic hydroxyl groups excluding tert-OH is 4.